The summed E-state index contributed by atoms with van der Waals surface area (Å²) in [7, 11) is 3.73. The number of hydrogen-bond acceptors (Lipinski definition) is 17. The van der Waals surface area contributed by atoms with Crippen molar-refractivity contribution in [2.45, 2.75) is 217 Å². The number of ether oxygens (including phenoxy) is 10. The fourth-order valence-electron chi connectivity index (χ4n) is 9.93. The molecule has 0 aromatic heterocycles. The minimum Gasteiger partial charge on any atom is -0.461 e. The first-order chi connectivity index (χ1) is 33.5. The van der Waals surface area contributed by atoms with Crippen LogP contribution in [0.1, 0.15) is 120 Å². The molecule has 4 aliphatic heterocycles. The molecule has 0 bridgehead atoms. The number of hydrogen-bond donors (Lipinski definition) is 3. The van der Waals surface area contributed by atoms with E-state index in [-0.39, 0.29) is 55.7 Å². The molecular weight excluding hydrogens is 949 g/mol. The Bertz CT molecular complexity index is 1950. The third-order valence-corrected chi connectivity index (χ3v) is 19.9. The lowest BCUT2D eigenvalue weighted by Gasteiger charge is -2.58. The molecule has 410 valence electrons. The summed E-state index contributed by atoms with van der Waals surface area (Å²) in [6.07, 6.45) is 6.33. The minimum absolute atomic E-state index is 0.0350. The quantitative estimate of drug-likeness (QED) is 0.0154. The Labute approximate surface area is 429 Å². The van der Waals surface area contributed by atoms with Crippen molar-refractivity contribution in [3.05, 3.63) is 60.8 Å². The van der Waals surface area contributed by atoms with Gasteiger partial charge in [0.25, 0.3) is 0 Å². The van der Waals surface area contributed by atoms with Crippen LogP contribution in [0.3, 0.4) is 0 Å². The van der Waals surface area contributed by atoms with E-state index < -0.39 is 115 Å². The molecule has 0 unspecified atom stereocenters. The summed E-state index contributed by atoms with van der Waals surface area (Å²) in [6.45, 7) is 25.8. The maximum absolute atomic E-state index is 13.6. The Hall–Kier alpha value is -3.11. The molecule has 0 aliphatic carbocycles. The fourth-order valence-corrected chi connectivity index (χ4v) is 11.4. The van der Waals surface area contributed by atoms with Crippen molar-refractivity contribution in [2.75, 3.05) is 35.0 Å². The number of esters is 3. The average Bonchev–Trinajstić information content (AvgIpc) is 3.70. The van der Waals surface area contributed by atoms with Crippen LogP contribution in [0.15, 0.2) is 60.8 Å². The van der Waals surface area contributed by atoms with Crippen molar-refractivity contribution >= 4 is 26.2 Å². The van der Waals surface area contributed by atoms with Crippen LogP contribution in [0.5, 0.6) is 0 Å². The first-order valence-electron chi connectivity index (χ1n) is 25.4. The van der Waals surface area contributed by atoms with Gasteiger partial charge in [-0.2, -0.15) is 0 Å². The highest BCUT2D eigenvalue weighted by molar-refractivity contribution is 6.74. The first-order valence-corrected chi connectivity index (χ1v) is 28.3. The molecule has 0 saturated carbocycles. The normalized spacial score (nSPS) is 31.2. The van der Waals surface area contributed by atoms with Gasteiger partial charge >= 0.3 is 17.9 Å². The van der Waals surface area contributed by atoms with Crippen LogP contribution in [0, 0.1) is 10.8 Å². The molecule has 12 atom stereocenters. The van der Waals surface area contributed by atoms with Crippen molar-refractivity contribution in [2.24, 2.45) is 10.8 Å². The topological polar surface area (TPSA) is 213 Å². The second-order valence-electron chi connectivity index (χ2n) is 22.4. The zero-order valence-corrected chi connectivity index (χ0v) is 46.7. The number of methoxy groups -OCH3 is 4. The number of unbranched alkanes of at least 4 members (excludes halogenated alkanes) is 1. The van der Waals surface area contributed by atoms with Crippen molar-refractivity contribution < 1.29 is 81.5 Å². The summed E-state index contributed by atoms with van der Waals surface area (Å²) in [6, 6.07) is 0. The van der Waals surface area contributed by atoms with Crippen LogP contribution < -0.4 is 0 Å². The highest BCUT2D eigenvalue weighted by atomic mass is 28.4. The zero-order chi connectivity index (χ0) is 54.1. The SMILES string of the molecule is C=CCOC(=O)C[C@H](O)C[C@@H]1C[C@H](O[Si](C)(C)C(C)(C)C)C(C)(C)[C@@](C[C@@H]2CC(OC)(OC)C[C@H](/C=C/C(C)(C)[C@]3(OC)O[C@H](C[C@@H](O)[C@@H](C)O)[C@H]4OC(=O)C=C4[C@@H]3OC(=O)/C=C/C=C/CCC)O2)(OC)O1. The summed E-state index contributed by atoms with van der Waals surface area (Å²) >= 11 is 0. The molecule has 3 saturated heterocycles. The number of rotatable bonds is 25. The van der Waals surface area contributed by atoms with Crippen LogP contribution in [0.25, 0.3) is 0 Å². The summed E-state index contributed by atoms with van der Waals surface area (Å²) in [5.41, 5.74) is -1.74. The third-order valence-electron chi connectivity index (χ3n) is 15.4. The van der Waals surface area contributed by atoms with Crippen LogP contribution in [0.2, 0.25) is 18.1 Å². The van der Waals surface area contributed by atoms with Crippen molar-refractivity contribution in [3.8, 4) is 0 Å². The number of aliphatic hydroxyl groups is 3. The van der Waals surface area contributed by atoms with Gasteiger partial charge in [0, 0.05) is 89.1 Å². The molecule has 0 radical (unpaired) electrons. The van der Waals surface area contributed by atoms with Gasteiger partial charge in [0.2, 0.25) is 5.79 Å². The van der Waals surface area contributed by atoms with E-state index in [0.717, 1.165) is 12.8 Å². The van der Waals surface area contributed by atoms with Crippen LogP contribution in [-0.2, 0) is 66.2 Å². The van der Waals surface area contributed by atoms with Crippen LogP contribution >= 0.6 is 0 Å². The second kappa shape index (κ2) is 25.2. The standard InChI is InChI=1S/C54H88O17Si/c1-17-19-20-21-22-23-44(58)68-48-40-30-46(60)67-47(40)42(31-41(57)35(3)55)70-54(48,64-14)50(7,8)25-24-37-32-52(61-11,62-12)33-39(66-37)34-53(63-13)51(9,10)43(71-72(15,16)49(4,5)6)29-38(69-53)27-36(56)28-45(59)65-26-18-2/h18,20-25,30,35-39,41-43,47-48,55-57H,2,17,19,26-29,31-34H2,1,3-16H3/b21-20+,23-22+,25-24+/t35-,36-,37+,38-,39+,41-,42-,43+,47+,48+,53+,54-/m1/s1. The summed E-state index contributed by atoms with van der Waals surface area (Å²) in [5.74, 6) is -6.32. The van der Waals surface area contributed by atoms with Crippen molar-refractivity contribution in [1.82, 2.24) is 0 Å². The Morgan fingerprint density at radius 3 is 2.22 bits per heavy atom. The van der Waals surface area contributed by atoms with E-state index in [9.17, 15) is 29.7 Å². The zero-order valence-electron chi connectivity index (χ0n) is 45.7. The predicted molar refractivity (Wildman–Crippen MR) is 272 cm³/mol. The molecule has 4 aliphatic rings. The summed E-state index contributed by atoms with van der Waals surface area (Å²) in [4.78, 5) is 39.2. The lowest BCUT2D eigenvalue weighted by Crippen LogP contribution is -2.66. The maximum atomic E-state index is 13.6. The van der Waals surface area contributed by atoms with E-state index in [0.29, 0.717) is 6.42 Å². The smallest absolute Gasteiger partial charge is 0.331 e. The molecule has 0 spiro atoms. The molecule has 3 fully saturated rings. The Morgan fingerprint density at radius 2 is 1.64 bits per heavy atom. The molecule has 0 aromatic carbocycles. The number of aliphatic hydroxyl groups excluding tert-OH is 3. The molecular formula is C54H88O17Si. The molecule has 72 heavy (non-hydrogen) atoms. The summed E-state index contributed by atoms with van der Waals surface area (Å²) in [5, 5.41) is 32.4. The van der Waals surface area contributed by atoms with E-state index in [2.05, 4.69) is 54.3 Å². The first kappa shape index (κ1) is 61.4. The van der Waals surface area contributed by atoms with Gasteiger partial charge in [0.05, 0.1) is 49.1 Å². The molecule has 4 rings (SSSR count). The number of carbonyl (C=O) groups is 3. The summed E-state index contributed by atoms with van der Waals surface area (Å²) < 4.78 is 70.3. The number of carbonyl (C=O) groups excluding carboxylic acids is 3. The van der Waals surface area contributed by atoms with Gasteiger partial charge in [0.1, 0.15) is 12.7 Å². The van der Waals surface area contributed by atoms with E-state index >= 15 is 0 Å². The van der Waals surface area contributed by atoms with E-state index in [1.807, 2.05) is 39.0 Å². The molecule has 3 N–H and O–H groups in total. The predicted octanol–water partition coefficient (Wildman–Crippen LogP) is 7.46. The number of allylic oxidation sites excluding steroid dienone is 3. The van der Waals surface area contributed by atoms with Crippen LogP contribution in [0.4, 0.5) is 0 Å². The van der Waals surface area contributed by atoms with Gasteiger partial charge in [-0.1, -0.05) is 105 Å². The van der Waals surface area contributed by atoms with E-state index in [4.69, 9.17) is 51.8 Å². The maximum Gasteiger partial charge on any atom is 0.331 e. The Morgan fingerprint density at radius 1 is 0.958 bits per heavy atom. The molecule has 0 amide bonds. The van der Waals surface area contributed by atoms with E-state index in [1.54, 1.807) is 33.5 Å². The molecule has 18 heteroatoms. The van der Waals surface area contributed by atoms with Crippen molar-refractivity contribution in [1.29, 1.82) is 0 Å². The third kappa shape index (κ3) is 14.2. The highest BCUT2D eigenvalue weighted by Gasteiger charge is 2.64. The molecule has 0 aromatic rings. The Balaban J connectivity index is 1.77. The lowest BCUT2D eigenvalue weighted by atomic mass is 9.70. The van der Waals surface area contributed by atoms with Gasteiger partial charge in [0.15, 0.2) is 32.1 Å². The molecule has 4 heterocycles. The molecule has 17 nitrogen and oxygen atoms in total. The van der Waals surface area contributed by atoms with Gasteiger partial charge in [-0.25, -0.2) is 9.59 Å². The van der Waals surface area contributed by atoms with E-state index in [1.165, 1.54) is 32.3 Å². The highest BCUT2D eigenvalue weighted by Crippen LogP contribution is 2.54. The number of fused-ring (bicyclic) bond motifs is 1. The second-order valence-corrected chi connectivity index (χ2v) is 27.1. The van der Waals surface area contributed by atoms with Gasteiger partial charge in [-0.3, -0.25) is 4.79 Å². The fraction of sp³-hybridized carbons (Fsp3) is 0.759. The average molecular weight is 1040 g/mol. The monoisotopic (exact) mass is 1040 g/mol. The van der Waals surface area contributed by atoms with Gasteiger partial charge in [-0.05, 0) is 37.9 Å². The van der Waals surface area contributed by atoms with Gasteiger partial charge in [-0.15, -0.1) is 0 Å². The largest absolute Gasteiger partial charge is 0.461 e. The van der Waals surface area contributed by atoms with Crippen molar-refractivity contribution in [3.63, 3.8) is 0 Å². The Kier molecular flexibility index (Phi) is 21.5. The van der Waals surface area contributed by atoms with Crippen LogP contribution in [-0.4, -0.2) is 155 Å². The minimum atomic E-state index is -2.41. The lowest BCUT2D eigenvalue weighted by molar-refractivity contribution is -0.362. The van der Waals surface area contributed by atoms with Gasteiger partial charge < -0.3 is 67.1 Å².